The maximum Gasteiger partial charge on any atom is 0.416 e. The van der Waals surface area contributed by atoms with Crippen molar-refractivity contribution in [2.24, 2.45) is 5.84 Å². The van der Waals surface area contributed by atoms with E-state index in [4.69, 9.17) is 5.84 Å². The van der Waals surface area contributed by atoms with Crippen LogP contribution in [0.1, 0.15) is 43.7 Å². The van der Waals surface area contributed by atoms with E-state index in [1.165, 1.54) is 12.1 Å². The Morgan fingerprint density at radius 2 is 2.00 bits per heavy atom. The van der Waals surface area contributed by atoms with Crippen molar-refractivity contribution in [3.8, 4) is 0 Å². The molecule has 0 amide bonds. The normalized spacial score (nSPS) is 13.5. The smallest absolute Gasteiger partial charge is 0.271 e. The number of nitrogens with two attached hydrogens (primary N) is 1. The van der Waals surface area contributed by atoms with E-state index in [9.17, 15) is 13.2 Å². The van der Waals surface area contributed by atoms with Crippen LogP contribution in [0.2, 0.25) is 0 Å². The maximum absolute atomic E-state index is 12.6. The Morgan fingerprint density at radius 3 is 2.58 bits per heavy atom. The van der Waals surface area contributed by atoms with E-state index in [-0.39, 0.29) is 6.04 Å². The lowest BCUT2D eigenvalue weighted by atomic mass is 9.99. The third-order valence-electron chi connectivity index (χ3n) is 3.13. The molecule has 0 saturated carbocycles. The molecule has 0 bridgehead atoms. The molecule has 0 saturated heterocycles. The van der Waals surface area contributed by atoms with E-state index in [1.807, 2.05) is 0 Å². The van der Waals surface area contributed by atoms with Crippen LogP contribution in [0.4, 0.5) is 13.2 Å². The summed E-state index contributed by atoms with van der Waals surface area (Å²) in [5.74, 6) is 5.45. The summed E-state index contributed by atoms with van der Waals surface area (Å²) >= 11 is 0. The molecule has 0 aliphatic heterocycles. The highest BCUT2D eigenvalue weighted by molar-refractivity contribution is 5.26. The average molecular weight is 274 g/mol. The third-order valence-corrected chi connectivity index (χ3v) is 3.13. The van der Waals surface area contributed by atoms with Gasteiger partial charge in [0, 0.05) is 6.04 Å². The Hall–Kier alpha value is -1.07. The first-order chi connectivity index (χ1) is 8.97. The van der Waals surface area contributed by atoms with Crippen molar-refractivity contribution < 1.29 is 13.2 Å². The van der Waals surface area contributed by atoms with Gasteiger partial charge in [0.05, 0.1) is 5.56 Å². The van der Waals surface area contributed by atoms with Crippen molar-refractivity contribution in [1.29, 1.82) is 0 Å². The summed E-state index contributed by atoms with van der Waals surface area (Å²) in [5, 5.41) is 0. The number of unbranched alkanes of at least 4 members (excludes halogenated alkanes) is 2. The molecule has 1 rings (SSSR count). The maximum atomic E-state index is 12.6. The fraction of sp³-hybridized carbons (Fsp3) is 0.571. The van der Waals surface area contributed by atoms with Gasteiger partial charge in [0.1, 0.15) is 0 Å². The molecule has 0 spiro atoms. The van der Waals surface area contributed by atoms with Gasteiger partial charge in [0.2, 0.25) is 0 Å². The van der Waals surface area contributed by atoms with E-state index in [0.29, 0.717) is 12.0 Å². The fourth-order valence-electron chi connectivity index (χ4n) is 2.04. The Labute approximate surface area is 112 Å². The predicted octanol–water partition coefficient (Wildman–Crippen LogP) is 3.66. The van der Waals surface area contributed by atoms with Crippen molar-refractivity contribution in [2.75, 3.05) is 0 Å². The summed E-state index contributed by atoms with van der Waals surface area (Å²) in [6.07, 6.45) is 0.362. The van der Waals surface area contributed by atoms with E-state index < -0.39 is 11.7 Å². The summed E-state index contributed by atoms with van der Waals surface area (Å²) in [6.45, 7) is 2.11. The first-order valence-corrected chi connectivity index (χ1v) is 6.59. The molecule has 0 fully saturated rings. The van der Waals surface area contributed by atoms with Crippen LogP contribution in [-0.2, 0) is 12.6 Å². The minimum atomic E-state index is -4.29. The lowest BCUT2D eigenvalue weighted by Gasteiger charge is -2.16. The highest BCUT2D eigenvalue weighted by Crippen LogP contribution is 2.29. The zero-order chi connectivity index (χ0) is 14.3. The molecule has 0 aromatic heterocycles. The van der Waals surface area contributed by atoms with Gasteiger partial charge < -0.3 is 0 Å². The Bertz CT molecular complexity index is 377. The van der Waals surface area contributed by atoms with Crippen molar-refractivity contribution >= 4 is 0 Å². The van der Waals surface area contributed by atoms with Gasteiger partial charge in [0.15, 0.2) is 0 Å². The van der Waals surface area contributed by atoms with Crippen LogP contribution < -0.4 is 11.3 Å². The van der Waals surface area contributed by atoms with Gasteiger partial charge in [-0.25, -0.2) is 0 Å². The fourth-order valence-corrected chi connectivity index (χ4v) is 2.04. The number of benzene rings is 1. The van der Waals surface area contributed by atoms with Crippen LogP contribution in [-0.4, -0.2) is 6.04 Å². The van der Waals surface area contributed by atoms with Gasteiger partial charge in [-0.1, -0.05) is 44.4 Å². The minimum Gasteiger partial charge on any atom is -0.271 e. The standard InChI is InChI=1S/C14H21F3N2/c1-2-3-4-8-13(19-18)10-11-6-5-7-12(9-11)14(15,16)17/h5-7,9,13,19H,2-4,8,10,18H2,1H3. The van der Waals surface area contributed by atoms with Crippen LogP contribution in [0, 0.1) is 0 Å². The molecule has 19 heavy (non-hydrogen) atoms. The number of alkyl halides is 3. The van der Waals surface area contributed by atoms with Gasteiger partial charge >= 0.3 is 6.18 Å². The largest absolute Gasteiger partial charge is 0.416 e. The molecule has 0 aliphatic carbocycles. The molecule has 108 valence electrons. The first kappa shape index (κ1) is 16.0. The summed E-state index contributed by atoms with van der Waals surface area (Å²) in [4.78, 5) is 0. The molecular formula is C14H21F3N2. The van der Waals surface area contributed by atoms with E-state index in [2.05, 4.69) is 12.3 Å². The Balaban J connectivity index is 2.64. The topological polar surface area (TPSA) is 38.0 Å². The highest BCUT2D eigenvalue weighted by atomic mass is 19.4. The first-order valence-electron chi connectivity index (χ1n) is 6.59. The summed E-state index contributed by atoms with van der Waals surface area (Å²) in [7, 11) is 0. The van der Waals surface area contributed by atoms with Crippen LogP contribution in [0.5, 0.6) is 0 Å². The summed E-state index contributed by atoms with van der Waals surface area (Å²) in [5.41, 5.74) is 2.75. The summed E-state index contributed by atoms with van der Waals surface area (Å²) in [6, 6.07) is 5.46. The number of hydrazine groups is 1. The van der Waals surface area contributed by atoms with Crippen molar-refractivity contribution in [2.45, 2.75) is 51.2 Å². The van der Waals surface area contributed by atoms with Crippen molar-refractivity contribution in [3.63, 3.8) is 0 Å². The van der Waals surface area contributed by atoms with E-state index >= 15 is 0 Å². The number of halogens is 3. The van der Waals surface area contributed by atoms with Crippen LogP contribution in [0.3, 0.4) is 0 Å². The average Bonchev–Trinajstić information content (AvgIpc) is 2.37. The second-order valence-corrected chi connectivity index (χ2v) is 4.76. The molecule has 1 aromatic carbocycles. The number of hydrogen-bond donors (Lipinski definition) is 2. The second kappa shape index (κ2) is 7.50. The molecule has 2 nitrogen and oxygen atoms in total. The van der Waals surface area contributed by atoms with E-state index in [0.717, 1.165) is 31.7 Å². The molecule has 5 heteroatoms. The number of nitrogens with one attached hydrogen (secondary N) is 1. The molecule has 1 unspecified atom stereocenters. The van der Waals surface area contributed by atoms with Crippen molar-refractivity contribution in [3.05, 3.63) is 35.4 Å². The quantitative estimate of drug-likeness (QED) is 0.452. The van der Waals surface area contributed by atoms with Gasteiger partial charge in [-0.05, 0) is 24.5 Å². The number of hydrogen-bond acceptors (Lipinski definition) is 2. The van der Waals surface area contributed by atoms with Gasteiger partial charge in [-0.15, -0.1) is 0 Å². The molecule has 0 radical (unpaired) electrons. The molecule has 0 aliphatic rings. The zero-order valence-corrected chi connectivity index (χ0v) is 11.1. The Morgan fingerprint density at radius 1 is 1.26 bits per heavy atom. The lowest BCUT2D eigenvalue weighted by Crippen LogP contribution is -2.36. The number of rotatable bonds is 7. The molecule has 0 heterocycles. The zero-order valence-electron chi connectivity index (χ0n) is 11.1. The predicted molar refractivity (Wildman–Crippen MR) is 70.4 cm³/mol. The SMILES string of the molecule is CCCCCC(Cc1cccc(C(F)(F)F)c1)NN. The monoisotopic (exact) mass is 274 g/mol. The van der Waals surface area contributed by atoms with Gasteiger partial charge in [-0.3, -0.25) is 11.3 Å². The van der Waals surface area contributed by atoms with Gasteiger partial charge in [-0.2, -0.15) is 13.2 Å². The molecule has 1 aromatic rings. The van der Waals surface area contributed by atoms with Crippen LogP contribution in [0.15, 0.2) is 24.3 Å². The summed E-state index contributed by atoms with van der Waals surface area (Å²) < 4.78 is 37.8. The Kier molecular flexibility index (Phi) is 6.31. The highest BCUT2D eigenvalue weighted by Gasteiger charge is 2.30. The molecule has 3 N–H and O–H groups in total. The van der Waals surface area contributed by atoms with Crippen molar-refractivity contribution in [1.82, 2.24) is 5.43 Å². The van der Waals surface area contributed by atoms with Crippen LogP contribution in [0.25, 0.3) is 0 Å². The molecular weight excluding hydrogens is 253 g/mol. The van der Waals surface area contributed by atoms with Crippen LogP contribution >= 0.6 is 0 Å². The molecule has 1 atom stereocenters. The second-order valence-electron chi connectivity index (χ2n) is 4.76. The lowest BCUT2D eigenvalue weighted by molar-refractivity contribution is -0.137. The third kappa shape index (κ3) is 5.61. The van der Waals surface area contributed by atoms with Gasteiger partial charge in [0.25, 0.3) is 0 Å². The minimum absolute atomic E-state index is 0.0232. The van der Waals surface area contributed by atoms with E-state index in [1.54, 1.807) is 6.07 Å².